The number of rotatable bonds is 8. The molecule has 2 aromatic carbocycles. The van der Waals surface area contributed by atoms with Crippen LogP contribution in [0.1, 0.15) is 30.4 Å². The number of carbonyl (C=O) groups is 2. The zero-order chi connectivity index (χ0) is 20.3. The Balaban J connectivity index is 1.31. The Morgan fingerprint density at radius 3 is 2.07 bits per heavy atom. The van der Waals surface area contributed by atoms with Gasteiger partial charge in [0, 0.05) is 6.08 Å². The van der Waals surface area contributed by atoms with Gasteiger partial charge in [-0.25, -0.2) is 14.6 Å². The van der Waals surface area contributed by atoms with Crippen LogP contribution in [0.3, 0.4) is 0 Å². The molecule has 0 spiro atoms. The summed E-state index contributed by atoms with van der Waals surface area (Å²) in [6.45, 7) is 0.461. The van der Waals surface area contributed by atoms with Crippen molar-refractivity contribution in [2.75, 3.05) is 0 Å². The molecule has 1 fully saturated rings. The van der Waals surface area contributed by atoms with E-state index in [-0.39, 0.29) is 37.8 Å². The summed E-state index contributed by atoms with van der Waals surface area (Å²) >= 11 is 0. The Labute approximate surface area is 170 Å². The second kappa shape index (κ2) is 11.1. The van der Waals surface area contributed by atoms with Crippen LogP contribution < -0.4 is 0 Å². The van der Waals surface area contributed by atoms with Crippen molar-refractivity contribution in [2.45, 2.75) is 44.7 Å². The summed E-state index contributed by atoms with van der Waals surface area (Å²) in [4.78, 5) is 34.3. The van der Waals surface area contributed by atoms with Crippen LogP contribution in [0, 0.1) is 0 Å². The van der Waals surface area contributed by atoms with E-state index in [4.69, 9.17) is 19.2 Å². The number of hydrogen-bond acceptors (Lipinski definition) is 6. The molecule has 2 aromatic rings. The van der Waals surface area contributed by atoms with Gasteiger partial charge in [-0.2, -0.15) is 0 Å². The number of ether oxygens (including phenoxy) is 2. The van der Waals surface area contributed by atoms with E-state index in [1.807, 2.05) is 60.7 Å². The molecule has 0 bridgehead atoms. The minimum absolute atomic E-state index is 0.127. The molecule has 6 heteroatoms. The molecule has 6 nitrogen and oxygen atoms in total. The summed E-state index contributed by atoms with van der Waals surface area (Å²) in [5.74, 6) is -0.773. The summed E-state index contributed by atoms with van der Waals surface area (Å²) in [5.41, 5.74) is 1.86. The normalized spacial score (nSPS) is 19.0. The first-order chi connectivity index (χ1) is 14.2. The molecule has 3 rings (SSSR count). The van der Waals surface area contributed by atoms with Crippen LogP contribution in [0.25, 0.3) is 0 Å². The lowest BCUT2D eigenvalue weighted by Crippen LogP contribution is -2.29. The molecule has 0 aromatic heterocycles. The van der Waals surface area contributed by atoms with E-state index in [1.165, 1.54) is 6.08 Å². The summed E-state index contributed by atoms with van der Waals surface area (Å²) < 4.78 is 10.4. The Morgan fingerprint density at radius 2 is 1.48 bits per heavy atom. The van der Waals surface area contributed by atoms with Crippen molar-refractivity contribution in [1.29, 1.82) is 0 Å². The van der Waals surface area contributed by atoms with E-state index in [1.54, 1.807) is 6.08 Å². The van der Waals surface area contributed by atoms with E-state index in [9.17, 15) is 9.59 Å². The molecule has 2 atom stereocenters. The first-order valence-electron chi connectivity index (χ1n) is 9.59. The van der Waals surface area contributed by atoms with Gasteiger partial charge < -0.3 is 9.47 Å². The van der Waals surface area contributed by atoms with Gasteiger partial charge in [-0.3, -0.25) is 4.79 Å². The third kappa shape index (κ3) is 7.52. The van der Waals surface area contributed by atoms with Crippen LogP contribution >= 0.6 is 0 Å². The third-order valence-electron chi connectivity index (χ3n) is 4.40. The van der Waals surface area contributed by atoms with Gasteiger partial charge in [0.05, 0.1) is 6.42 Å². The van der Waals surface area contributed by atoms with Crippen molar-refractivity contribution in [2.24, 2.45) is 0 Å². The number of benzene rings is 2. The van der Waals surface area contributed by atoms with E-state index < -0.39 is 5.97 Å². The lowest BCUT2D eigenvalue weighted by Gasteiger charge is -2.25. The van der Waals surface area contributed by atoms with Gasteiger partial charge in [-0.05, 0) is 30.0 Å². The topological polar surface area (TPSA) is 71.1 Å². The summed E-state index contributed by atoms with van der Waals surface area (Å²) in [5, 5.41) is 0. The Hall–Kier alpha value is -2.96. The molecule has 29 heavy (non-hydrogen) atoms. The number of esters is 2. The quantitative estimate of drug-likeness (QED) is 0.383. The number of carbonyl (C=O) groups excluding carboxylic acids is 2. The Morgan fingerprint density at radius 1 is 0.862 bits per heavy atom. The van der Waals surface area contributed by atoms with Gasteiger partial charge >= 0.3 is 11.9 Å². The smallest absolute Gasteiger partial charge is 0.330 e. The molecule has 1 saturated heterocycles. The van der Waals surface area contributed by atoms with Gasteiger partial charge in [0.2, 0.25) is 0 Å². The monoisotopic (exact) mass is 396 g/mol. The average molecular weight is 396 g/mol. The standard InChI is InChI=1S/C23H24O6/c24-22(26-16-18-7-3-1-4-8-18)14-13-20-11-12-21(29-28-20)15-23(25)27-17-19-9-5-2-6-10-19/h1-10,13-14,20-21H,11-12,15-17H2/b14-13-/t20-,21-/m0/s1. The fraction of sp³-hybridized carbons (Fsp3) is 0.304. The van der Waals surface area contributed by atoms with Crippen molar-refractivity contribution in [3.63, 3.8) is 0 Å². The van der Waals surface area contributed by atoms with Crippen LogP contribution in [0.5, 0.6) is 0 Å². The van der Waals surface area contributed by atoms with Crippen molar-refractivity contribution in [3.8, 4) is 0 Å². The predicted octanol–water partition coefficient (Wildman–Crippen LogP) is 3.90. The molecule has 1 aliphatic rings. The lowest BCUT2D eigenvalue weighted by molar-refractivity contribution is -0.363. The van der Waals surface area contributed by atoms with Crippen molar-refractivity contribution >= 4 is 11.9 Å². The molecule has 0 amide bonds. The van der Waals surface area contributed by atoms with Gasteiger partial charge in [-0.1, -0.05) is 60.7 Å². The molecule has 152 valence electrons. The molecule has 0 radical (unpaired) electrons. The zero-order valence-corrected chi connectivity index (χ0v) is 16.1. The second-order valence-corrected chi connectivity index (χ2v) is 6.73. The molecule has 0 N–H and O–H groups in total. The third-order valence-corrected chi connectivity index (χ3v) is 4.40. The van der Waals surface area contributed by atoms with Crippen molar-refractivity contribution < 1.29 is 28.8 Å². The molecule has 0 unspecified atom stereocenters. The first-order valence-corrected chi connectivity index (χ1v) is 9.59. The Kier molecular flexibility index (Phi) is 7.98. The molecule has 1 aliphatic heterocycles. The fourth-order valence-electron chi connectivity index (χ4n) is 2.81. The predicted molar refractivity (Wildman–Crippen MR) is 105 cm³/mol. The van der Waals surface area contributed by atoms with Crippen molar-refractivity contribution in [1.82, 2.24) is 0 Å². The van der Waals surface area contributed by atoms with Crippen LogP contribution in [-0.4, -0.2) is 24.1 Å². The van der Waals surface area contributed by atoms with Crippen molar-refractivity contribution in [3.05, 3.63) is 83.9 Å². The second-order valence-electron chi connectivity index (χ2n) is 6.73. The van der Waals surface area contributed by atoms with Gasteiger partial charge in [-0.15, -0.1) is 0 Å². The molecular weight excluding hydrogens is 372 g/mol. The van der Waals surface area contributed by atoms with Crippen LogP contribution in [0.4, 0.5) is 0 Å². The number of hydrogen-bond donors (Lipinski definition) is 0. The average Bonchev–Trinajstić information content (AvgIpc) is 2.77. The largest absolute Gasteiger partial charge is 0.461 e. The maximum absolute atomic E-state index is 11.9. The minimum Gasteiger partial charge on any atom is -0.461 e. The minimum atomic E-state index is -0.441. The highest BCUT2D eigenvalue weighted by molar-refractivity contribution is 5.82. The van der Waals surface area contributed by atoms with Crippen LogP contribution in [0.15, 0.2) is 72.8 Å². The van der Waals surface area contributed by atoms with Gasteiger partial charge in [0.1, 0.15) is 25.4 Å². The maximum Gasteiger partial charge on any atom is 0.330 e. The van der Waals surface area contributed by atoms with E-state index in [2.05, 4.69) is 0 Å². The lowest BCUT2D eigenvalue weighted by atomic mass is 10.1. The molecule has 0 saturated carbocycles. The zero-order valence-electron chi connectivity index (χ0n) is 16.1. The van der Waals surface area contributed by atoms with Crippen LogP contribution in [-0.2, 0) is 42.1 Å². The highest BCUT2D eigenvalue weighted by Gasteiger charge is 2.24. The maximum atomic E-state index is 11.9. The highest BCUT2D eigenvalue weighted by atomic mass is 17.2. The highest BCUT2D eigenvalue weighted by Crippen LogP contribution is 2.20. The summed E-state index contributed by atoms with van der Waals surface area (Å²) in [7, 11) is 0. The summed E-state index contributed by atoms with van der Waals surface area (Å²) in [6.07, 6.45) is 3.64. The van der Waals surface area contributed by atoms with Crippen LogP contribution in [0.2, 0.25) is 0 Å². The fourth-order valence-corrected chi connectivity index (χ4v) is 2.81. The summed E-state index contributed by atoms with van der Waals surface area (Å²) in [6, 6.07) is 19.0. The Bertz CT molecular complexity index is 795. The van der Waals surface area contributed by atoms with E-state index >= 15 is 0 Å². The van der Waals surface area contributed by atoms with E-state index in [0.717, 1.165) is 11.1 Å². The SMILES string of the molecule is O=C(/C=C\[C@@H]1CC[C@@H](CC(=O)OCc2ccccc2)OO1)OCc1ccccc1. The van der Waals surface area contributed by atoms with E-state index in [0.29, 0.717) is 12.8 Å². The first kappa shape index (κ1) is 20.8. The molecule has 1 heterocycles. The molecular formula is C23H24O6. The molecule has 0 aliphatic carbocycles. The van der Waals surface area contributed by atoms with Gasteiger partial charge in [0.15, 0.2) is 0 Å². The van der Waals surface area contributed by atoms with Gasteiger partial charge in [0.25, 0.3) is 0 Å².